The zero-order valence-electron chi connectivity index (χ0n) is 6.90. The molecule has 0 saturated heterocycles. The highest BCUT2D eigenvalue weighted by molar-refractivity contribution is 5.85. The zero-order valence-corrected chi connectivity index (χ0v) is 8.53. The Morgan fingerprint density at radius 3 is 2.15 bits per heavy atom. The van der Waals surface area contributed by atoms with E-state index in [2.05, 4.69) is 0 Å². The predicted octanol–water partition coefficient (Wildman–Crippen LogP) is 0.0615. The number of nitrogens with zero attached hydrogens (tertiary/aromatic N) is 2. The second kappa shape index (κ2) is 3.93. The number of fused-ring (bicyclic) bond motifs is 1. The SMILES string of the molecule is Cl.Cl.Nc1c(N)n2n(c1=O)CCC2. The van der Waals surface area contributed by atoms with Gasteiger partial charge in [0.25, 0.3) is 5.56 Å². The van der Waals surface area contributed by atoms with Gasteiger partial charge in [-0.25, -0.2) is 4.68 Å². The van der Waals surface area contributed by atoms with E-state index < -0.39 is 0 Å². The summed E-state index contributed by atoms with van der Waals surface area (Å²) < 4.78 is 3.32. The maximum Gasteiger partial charge on any atom is 0.292 e. The van der Waals surface area contributed by atoms with Gasteiger partial charge in [0.1, 0.15) is 11.5 Å². The number of rotatable bonds is 0. The Morgan fingerprint density at radius 2 is 1.62 bits per heavy atom. The van der Waals surface area contributed by atoms with Gasteiger partial charge in [-0.3, -0.25) is 9.48 Å². The monoisotopic (exact) mass is 226 g/mol. The molecule has 0 amide bonds. The molecule has 4 N–H and O–H groups in total. The molecule has 0 aromatic carbocycles. The summed E-state index contributed by atoms with van der Waals surface area (Å²) in [6, 6.07) is 0. The van der Waals surface area contributed by atoms with Crippen LogP contribution in [0.15, 0.2) is 4.79 Å². The fourth-order valence-corrected chi connectivity index (χ4v) is 1.46. The van der Waals surface area contributed by atoms with Crippen molar-refractivity contribution in [1.82, 2.24) is 9.36 Å². The zero-order chi connectivity index (χ0) is 8.01. The van der Waals surface area contributed by atoms with Crippen LogP contribution in [-0.2, 0) is 13.1 Å². The van der Waals surface area contributed by atoms with E-state index in [4.69, 9.17) is 11.5 Å². The Hall–Kier alpha value is -0.810. The van der Waals surface area contributed by atoms with Crippen molar-refractivity contribution in [3.05, 3.63) is 10.4 Å². The van der Waals surface area contributed by atoms with Gasteiger partial charge < -0.3 is 11.5 Å². The van der Waals surface area contributed by atoms with Crippen LogP contribution in [0.5, 0.6) is 0 Å². The van der Waals surface area contributed by atoms with Crippen LogP contribution in [0.2, 0.25) is 0 Å². The molecule has 1 aliphatic heterocycles. The van der Waals surface area contributed by atoms with Crippen molar-refractivity contribution in [3.63, 3.8) is 0 Å². The Balaban J connectivity index is 0.000000720. The maximum absolute atomic E-state index is 11.2. The van der Waals surface area contributed by atoms with Crippen molar-refractivity contribution >= 4 is 36.3 Å². The fourth-order valence-electron chi connectivity index (χ4n) is 1.46. The number of hydrogen-bond acceptors (Lipinski definition) is 3. The van der Waals surface area contributed by atoms with Gasteiger partial charge in [-0.15, -0.1) is 24.8 Å². The number of aromatic nitrogens is 2. The molecule has 13 heavy (non-hydrogen) atoms. The highest BCUT2D eigenvalue weighted by Gasteiger charge is 2.18. The third-order valence-corrected chi connectivity index (χ3v) is 2.05. The molecule has 0 atom stereocenters. The van der Waals surface area contributed by atoms with E-state index in [0.29, 0.717) is 5.82 Å². The Morgan fingerprint density at radius 1 is 1.08 bits per heavy atom. The second-order valence-electron chi connectivity index (χ2n) is 2.70. The topological polar surface area (TPSA) is 79.0 Å². The molecule has 5 nitrogen and oxygen atoms in total. The standard InChI is InChI=1S/C6H10N4O.2ClH/c7-4-5(8)9-2-1-3-10(9)6(4)11;;/h1-3,7-8H2;2*1H. The molecule has 0 saturated carbocycles. The van der Waals surface area contributed by atoms with Crippen molar-refractivity contribution in [2.24, 2.45) is 0 Å². The molecule has 1 aromatic rings. The minimum atomic E-state index is -0.153. The van der Waals surface area contributed by atoms with E-state index in [1.807, 2.05) is 0 Å². The third-order valence-electron chi connectivity index (χ3n) is 2.05. The number of halogens is 2. The average Bonchev–Trinajstić information content (AvgIpc) is 2.53. The molecule has 0 unspecified atom stereocenters. The lowest BCUT2D eigenvalue weighted by Gasteiger charge is -1.98. The molecule has 0 fully saturated rings. The molecular formula is C6H12Cl2N4O. The van der Waals surface area contributed by atoms with Crippen molar-refractivity contribution in [3.8, 4) is 0 Å². The molecule has 76 valence electrons. The summed E-state index contributed by atoms with van der Waals surface area (Å²) >= 11 is 0. The van der Waals surface area contributed by atoms with Gasteiger partial charge >= 0.3 is 0 Å². The molecule has 0 spiro atoms. The molecule has 0 radical (unpaired) electrons. The Labute approximate surface area is 87.5 Å². The molecule has 7 heteroatoms. The predicted molar refractivity (Wildman–Crippen MR) is 56.6 cm³/mol. The van der Waals surface area contributed by atoms with Crippen molar-refractivity contribution in [2.75, 3.05) is 11.5 Å². The van der Waals surface area contributed by atoms with Crippen LogP contribution >= 0.6 is 24.8 Å². The molecule has 0 aliphatic carbocycles. The largest absolute Gasteiger partial charge is 0.391 e. The van der Waals surface area contributed by atoms with Crippen LogP contribution in [0, 0.1) is 0 Å². The summed E-state index contributed by atoms with van der Waals surface area (Å²) in [5, 5.41) is 0. The molecule has 1 aromatic heterocycles. The van der Waals surface area contributed by atoms with Crippen molar-refractivity contribution in [1.29, 1.82) is 0 Å². The summed E-state index contributed by atoms with van der Waals surface area (Å²) in [4.78, 5) is 11.2. The van der Waals surface area contributed by atoms with Crippen molar-refractivity contribution in [2.45, 2.75) is 19.5 Å². The Bertz CT molecular complexity index is 356. The first kappa shape index (κ1) is 12.2. The van der Waals surface area contributed by atoms with Crippen LogP contribution in [-0.4, -0.2) is 9.36 Å². The first-order valence-corrected chi connectivity index (χ1v) is 3.56. The second-order valence-corrected chi connectivity index (χ2v) is 2.70. The molecule has 0 bridgehead atoms. The van der Waals surface area contributed by atoms with Gasteiger partial charge in [-0.05, 0) is 6.42 Å². The van der Waals surface area contributed by atoms with E-state index in [-0.39, 0.29) is 36.1 Å². The summed E-state index contributed by atoms with van der Waals surface area (Å²) in [6.45, 7) is 1.54. The van der Waals surface area contributed by atoms with E-state index in [9.17, 15) is 4.79 Å². The van der Waals surface area contributed by atoms with Crippen molar-refractivity contribution < 1.29 is 0 Å². The number of nitrogens with two attached hydrogens (primary N) is 2. The van der Waals surface area contributed by atoms with Crippen LogP contribution in [0.25, 0.3) is 0 Å². The highest BCUT2D eigenvalue weighted by atomic mass is 35.5. The summed E-state index contributed by atoms with van der Waals surface area (Å²) in [5.41, 5.74) is 11.0. The van der Waals surface area contributed by atoms with Gasteiger partial charge in [-0.2, -0.15) is 0 Å². The summed E-state index contributed by atoms with van der Waals surface area (Å²) in [5.74, 6) is 0.410. The van der Waals surface area contributed by atoms with E-state index in [1.54, 1.807) is 9.36 Å². The summed E-state index contributed by atoms with van der Waals surface area (Å²) in [6.07, 6.45) is 0.972. The first-order chi connectivity index (χ1) is 5.22. The fraction of sp³-hybridized carbons (Fsp3) is 0.500. The van der Waals surface area contributed by atoms with Crippen LogP contribution in [0.1, 0.15) is 6.42 Å². The number of hydrogen-bond donors (Lipinski definition) is 2. The maximum atomic E-state index is 11.2. The normalized spacial score (nSPS) is 12.9. The van der Waals surface area contributed by atoms with Gasteiger partial charge in [-0.1, -0.05) is 0 Å². The molecule has 2 heterocycles. The molecule has 1 aliphatic rings. The van der Waals surface area contributed by atoms with Gasteiger partial charge in [0, 0.05) is 13.1 Å². The minimum Gasteiger partial charge on any atom is -0.391 e. The van der Waals surface area contributed by atoms with Gasteiger partial charge in [0.15, 0.2) is 0 Å². The first-order valence-electron chi connectivity index (χ1n) is 3.56. The lowest BCUT2D eigenvalue weighted by molar-refractivity contribution is 0.601. The van der Waals surface area contributed by atoms with E-state index in [0.717, 1.165) is 19.5 Å². The van der Waals surface area contributed by atoms with Crippen LogP contribution in [0.3, 0.4) is 0 Å². The third kappa shape index (κ3) is 1.49. The quantitative estimate of drug-likeness (QED) is 0.657. The van der Waals surface area contributed by atoms with Gasteiger partial charge in [0.2, 0.25) is 0 Å². The van der Waals surface area contributed by atoms with Gasteiger partial charge in [0.05, 0.1) is 0 Å². The number of anilines is 2. The number of nitrogen functional groups attached to an aromatic ring is 2. The van der Waals surface area contributed by atoms with E-state index in [1.165, 1.54) is 0 Å². The average molecular weight is 227 g/mol. The molecule has 2 rings (SSSR count). The summed E-state index contributed by atoms with van der Waals surface area (Å²) in [7, 11) is 0. The smallest absolute Gasteiger partial charge is 0.292 e. The molecular weight excluding hydrogens is 215 g/mol. The van der Waals surface area contributed by atoms with Crippen LogP contribution < -0.4 is 17.0 Å². The lowest BCUT2D eigenvalue weighted by atomic mass is 10.4. The lowest BCUT2D eigenvalue weighted by Crippen LogP contribution is -2.18. The highest BCUT2D eigenvalue weighted by Crippen LogP contribution is 2.15. The Kier molecular flexibility index (Phi) is 3.69. The van der Waals surface area contributed by atoms with Crippen LogP contribution in [0.4, 0.5) is 11.5 Å². The van der Waals surface area contributed by atoms with E-state index >= 15 is 0 Å². The minimum absolute atomic E-state index is 0.